The van der Waals surface area contributed by atoms with E-state index in [1.165, 1.54) is 52.2 Å². The molecule has 5 unspecified atom stereocenters. The Labute approximate surface area is 122 Å². The average molecular weight is 276 g/mol. The Bertz CT molecular complexity index is 427. The van der Waals surface area contributed by atoms with E-state index in [0.717, 1.165) is 23.8 Å². The Morgan fingerprint density at radius 1 is 1.15 bits per heavy atom. The van der Waals surface area contributed by atoms with Crippen LogP contribution in [0.5, 0.6) is 0 Å². The zero-order valence-corrected chi connectivity index (χ0v) is 12.9. The number of nitrogens with zero attached hydrogens (tertiary/aromatic N) is 3. The highest BCUT2D eigenvalue weighted by Crippen LogP contribution is 2.58. The summed E-state index contributed by atoms with van der Waals surface area (Å²) in [6.07, 6.45) is 2.16. The second-order valence-electron chi connectivity index (χ2n) is 8.30. The molecule has 1 aliphatic carbocycles. The predicted octanol–water partition coefficient (Wildman–Crippen LogP) is 0.120. The summed E-state index contributed by atoms with van der Waals surface area (Å²) in [6, 6.07) is 0.850. The summed E-state index contributed by atoms with van der Waals surface area (Å²) in [4.78, 5) is 8.12. The van der Waals surface area contributed by atoms with Crippen LogP contribution in [0.3, 0.4) is 0 Å². The number of rotatable bonds is 2. The van der Waals surface area contributed by atoms with Crippen LogP contribution in [0.4, 0.5) is 0 Å². The minimum atomic E-state index is 0.670. The highest BCUT2D eigenvalue weighted by Gasteiger charge is 2.62. The van der Waals surface area contributed by atoms with Gasteiger partial charge in [0.2, 0.25) is 0 Å². The number of nitrogens with one attached hydrogen (secondary N) is 1. The van der Waals surface area contributed by atoms with Crippen LogP contribution in [0.1, 0.15) is 13.3 Å². The Kier molecular flexibility index (Phi) is 2.46. The van der Waals surface area contributed by atoms with Crippen LogP contribution in [0.15, 0.2) is 0 Å². The predicted molar refractivity (Wildman–Crippen MR) is 79.4 cm³/mol. The van der Waals surface area contributed by atoms with Crippen molar-refractivity contribution in [2.24, 2.45) is 23.2 Å². The molecule has 4 heterocycles. The first-order valence-electron chi connectivity index (χ1n) is 8.56. The van der Waals surface area contributed by atoms with Gasteiger partial charge in [-0.25, -0.2) is 0 Å². The van der Waals surface area contributed by atoms with Crippen molar-refractivity contribution in [2.45, 2.75) is 25.6 Å². The first kappa shape index (κ1) is 12.4. The van der Waals surface area contributed by atoms with Gasteiger partial charge in [0, 0.05) is 56.6 Å². The van der Waals surface area contributed by atoms with Crippen LogP contribution < -0.4 is 5.32 Å². The molecule has 0 amide bonds. The quantitative estimate of drug-likeness (QED) is 0.773. The molecule has 5 fully saturated rings. The second kappa shape index (κ2) is 3.97. The monoisotopic (exact) mass is 276 g/mol. The van der Waals surface area contributed by atoms with Crippen LogP contribution in [-0.4, -0.2) is 79.8 Å². The van der Waals surface area contributed by atoms with Crippen LogP contribution in [0, 0.1) is 23.2 Å². The summed E-state index contributed by atoms with van der Waals surface area (Å²) in [5.74, 6) is 2.94. The van der Waals surface area contributed by atoms with Gasteiger partial charge in [0.1, 0.15) is 0 Å². The van der Waals surface area contributed by atoms with Crippen molar-refractivity contribution in [1.29, 1.82) is 0 Å². The van der Waals surface area contributed by atoms with E-state index in [1.807, 2.05) is 0 Å². The molecule has 5 aliphatic rings. The van der Waals surface area contributed by atoms with Crippen molar-refractivity contribution in [3.05, 3.63) is 0 Å². The minimum absolute atomic E-state index is 0.670. The van der Waals surface area contributed by atoms with E-state index in [-0.39, 0.29) is 0 Å². The van der Waals surface area contributed by atoms with E-state index in [2.05, 4.69) is 34.0 Å². The fourth-order valence-corrected chi connectivity index (χ4v) is 6.15. The fraction of sp³-hybridized carbons (Fsp3) is 1.00. The Balaban J connectivity index is 1.28. The summed E-state index contributed by atoms with van der Waals surface area (Å²) >= 11 is 0. The molecule has 1 spiro atoms. The fourth-order valence-electron chi connectivity index (χ4n) is 6.15. The molecule has 6 atom stereocenters. The average Bonchev–Trinajstić information content (AvgIpc) is 2.99. The molecule has 1 saturated carbocycles. The maximum absolute atomic E-state index is 3.66. The third-order valence-corrected chi connectivity index (χ3v) is 7.46. The lowest BCUT2D eigenvalue weighted by Crippen LogP contribution is -2.63. The van der Waals surface area contributed by atoms with Gasteiger partial charge in [0.15, 0.2) is 0 Å². The van der Waals surface area contributed by atoms with E-state index >= 15 is 0 Å². The summed E-state index contributed by atoms with van der Waals surface area (Å²) in [6.45, 7) is 11.7. The second-order valence-corrected chi connectivity index (χ2v) is 8.30. The first-order chi connectivity index (χ1) is 9.67. The zero-order valence-electron chi connectivity index (χ0n) is 12.9. The molecule has 20 heavy (non-hydrogen) atoms. The molecule has 4 heteroatoms. The van der Waals surface area contributed by atoms with Crippen molar-refractivity contribution >= 4 is 0 Å². The standard InChI is InChI=1S/C16H28N4/c1-11(20-6-12-5-18(2)8-15(12)20)19-7-14-3-13-4-17-9-16(13,14)10-19/h11-15,17H,3-10H2,1-2H3/t11-,12?,13?,14?,15?,16?/m0/s1. The molecule has 4 aliphatic heterocycles. The van der Waals surface area contributed by atoms with Crippen molar-refractivity contribution in [1.82, 2.24) is 20.0 Å². The third-order valence-electron chi connectivity index (χ3n) is 7.46. The summed E-state index contributed by atoms with van der Waals surface area (Å²) < 4.78 is 0. The molecule has 0 aromatic rings. The van der Waals surface area contributed by atoms with Gasteiger partial charge in [0.25, 0.3) is 0 Å². The molecule has 0 aromatic carbocycles. The van der Waals surface area contributed by atoms with Crippen molar-refractivity contribution < 1.29 is 0 Å². The summed E-state index contributed by atoms with van der Waals surface area (Å²) in [5, 5.41) is 3.66. The van der Waals surface area contributed by atoms with Crippen LogP contribution >= 0.6 is 0 Å². The van der Waals surface area contributed by atoms with Gasteiger partial charge in [-0.15, -0.1) is 0 Å². The SMILES string of the molecule is C[C@@H](N1CC2CC3CNCC32C1)N1CC2CN(C)CC21. The van der Waals surface area contributed by atoms with Crippen molar-refractivity contribution in [3.8, 4) is 0 Å². The van der Waals surface area contributed by atoms with Gasteiger partial charge in [-0.05, 0) is 38.8 Å². The maximum Gasteiger partial charge on any atom is 0.0596 e. The molecule has 4 nitrogen and oxygen atoms in total. The lowest BCUT2D eigenvalue weighted by atomic mass is 9.56. The molecule has 0 aromatic heterocycles. The largest absolute Gasteiger partial charge is 0.316 e. The minimum Gasteiger partial charge on any atom is -0.316 e. The van der Waals surface area contributed by atoms with Gasteiger partial charge in [-0.2, -0.15) is 0 Å². The summed E-state index contributed by atoms with van der Waals surface area (Å²) in [5.41, 5.74) is 0.672. The molecule has 0 bridgehead atoms. The maximum atomic E-state index is 3.66. The lowest BCUT2D eigenvalue weighted by Gasteiger charge is -2.50. The van der Waals surface area contributed by atoms with Gasteiger partial charge in [-0.3, -0.25) is 9.80 Å². The highest BCUT2D eigenvalue weighted by atomic mass is 15.4. The van der Waals surface area contributed by atoms with E-state index in [4.69, 9.17) is 0 Å². The molecule has 1 N–H and O–H groups in total. The van der Waals surface area contributed by atoms with E-state index in [0.29, 0.717) is 11.6 Å². The normalized spacial score (nSPS) is 53.1. The molecule has 112 valence electrons. The van der Waals surface area contributed by atoms with Crippen LogP contribution in [0.2, 0.25) is 0 Å². The number of fused-ring (bicyclic) bond motifs is 1. The Morgan fingerprint density at radius 2 is 2.05 bits per heavy atom. The Hall–Kier alpha value is -0.160. The molecule has 5 rings (SSSR count). The van der Waals surface area contributed by atoms with E-state index in [1.54, 1.807) is 0 Å². The smallest absolute Gasteiger partial charge is 0.0596 e. The first-order valence-corrected chi connectivity index (χ1v) is 8.56. The van der Waals surface area contributed by atoms with Gasteiger partial charge >= 0.3 is 0 Å². The number of hydrogen-bond donors (Lipinski definition) is 1. The topological polar surface area (TPSA) is 21.8 Å². The van der Waals surface area contributed by atoms with Gasteiger partial charge in [-0.1, -0.05) is 0 Å². The Morgan fingerprint density at radius 3 is 2.85 bits per heavy atom. The molecular formula is C16H28N4. The van der Waals surface area contributed by atoms with Crippen LogP contribution in [0.25, 0.3) is 0 Å². The van der Waals surface area contributed by atoms with Gasteiger partial charge in [0.05, 0.1) is 6.17 Å². The molecule has 0 radical (unpaired) electrons. The molecule has 4 saturated heterocycles. The number of likely N-dealkylation sites (N-methyl/N-ethyl adjacent to an activating group) is 1. The summed E-state index contributed by atoms with van der Waals surface area (Å²) in [7, 11) is 2.28. The van der Waals surface area contributed by atoms with E-state index in [9.17, 15) is 0 Å². The van der Waals surface area contributed by atoms with Crippen molar-refractivity contribution in [3.63, 3.8) is 0 Å². The number of likely N-dealkylation sites (tertiary alicyclic amines) is 3. The van der Waals surface area contributed by atoms with Crippen molar-refractivity contribution in [2.75, 3.05) is 52.9 Å². The van der Waals surface area contributed by atoms with E-state index < -0.39 is 0 Å². The molecular weight excluding hydrogens is 248 g/mol. The third kappa shape index (κ3) is 1.41. The number of hydrogen-bond acceptors (Lipinski definition) is 4. The highest BCUT2D eigenvalue weighted by molar-refractivity contribution is 5.14. The zero-order chi connectivity index (χ0) is 13.5. The van der Waals surface area contributed by atoms with Gasteiger partial charge < -0.3 is 10.2 Å². The lowest BCUT2D eigenvalue weighted by molar-refractivity contribution is -0.0505. The van der Waals surface area contributed by atoms with Crippen LogP contribution in [-0.2, 0) is 0 Å².